The van der Waals surface area contributed by atoms with Gasteiger partial charge in [0.2, 0.25) is 6.79 Å². The number of hydrazone groups is 1. The maximum Gasteiger partial charge on any atom is 0.271 e. The van der Waals surface area contributed by atoms with Crippen molar-refractivity contribution in [1.82, 2.24) is 10.4 Å². The highest BCUT2D eigenvalue weighted by Gasteiger charge is 2.15. The normalized spacial score (nSPS) is 12.7. The summed E-state index contributed by atoms with van der Waals surface area (Å²) in [5, 5.41) is 5.25. The second kappa shape index (κ2) is 6.65. The van der Waals surface area contributed by atoms with Crippen molar-refractivity contribution in [3.8, 4) is 11.5 Å². The van der Waals surface area contributed by atoms with Gasteiger partial charge in [0.05, 0.1) is 11.7 Å². The molecule has 0 bridgehead atoms. The number of nitrogens with one attached hydrogen (secondary N) is 1. The first-order chi connectivity index (χ1) is 12.6. The third-order valence-corrected chi connectivity index (χ3v) is 4.26. The van der Waals surface area contributed by atoms with Crippen LogP contribution in [-0.2, 0) is 0 Å². The highest BCUT2D eigenvalue weighted by molar-refractivity contribution is 6.32. The molecule has 2 heterocycles. The van der Waals surface area contributed by atoms with E-state index in [4.69, 9.17) is 21.1 Å². The molecule has 1 aliphatic heterocycles. The first-order valence-electron chi connectivity index (χ1n) is 7.90. The van der Waals surface area contributed by atoms with Gasteiger partial charge in [0, 0.05) is 16.5 Å². The number of amides is 1. The van der Waals surface area contributed by atoms with E-state index in [9.17, 15) is 4.79 Å². The van der Waals surface area contributed by atoms with Gasteiger partial charge in [0.1, 0.15) is 5.15 Å². The minimum absolute atomic E-state index is 0.158. The molecule has 0 radical (unpaired) electrons. The lowest BCUT2D eigenvalue weighted by molar-refractivity contribution is 0.0954. The Kier molecular flexibility index (Phi) is 4.18. The zero-order valence-electron chi connectivity index (χ0n) is 13.8. The van der Waals surface area contributed by atoms with Gasteiger partial charge in [-0.15, -0.1) is 0 Å². The van der Waals surface area contributed by atoms with Crippen molar-refractivity contribution in [3.63, 3.8) is 0 Å². The Hall–Kier alpha value is -3.12. The van der Waals surface area contributed by atoms with Crippen LogP contribution in [0.5, 0.6) is 11.5 Å². The Labute approximate surface area is 154 Å². The van der Waals surface area contributed by atoms with E-state index in [1.165, 1.54) is 6.21 Å². The van der Waals surface area contributed by atoms with Crippen molar-refractivity contribution in [2.45, 2.75) is 6.92 Å². The summed E-state index contributed by atoms with van der Waals surface area (Å²) in [6.07, 6.45) is 1.47. The van der Waals surface area contributed by atoms with Gasteiger partial charge in [-0.25, -0.2) is 10.4 Å². The summed E-state index contributed by atoms with van der Waals surface area (Å²) in [5.41, 5.74) is 5.44. The predicted octanol–water partition coefficient (Wildman–Crippen LogP) is 3.69. The van der Waals surface area contributed by atoms with Crippen LogP contribution in [0.1, 0.15) is 21.5 Å². The number of pyridine rings is 1. The van der Waals surface area contributed by atoms with Crippen LogP contribution >= 0.6 is 11.6 Å². The molecule has 0 fully saturated rings. The Morgan fingerprint density at radius 3 is 2.92 bits per heavy atom. The minimum Gasteiger partial charge on any atom is -0.454 e. The number of carbonyl (C=O) groups excluding carboxylic acids is 1. The third-order valence-electron chi connectivity index (χ3n) is 3.96. The number of carbonyl (C=O) groups is 1. The quantitative estimate of drug-likeness (QED) is 0.435. The summed E-state index contributed by atoms with van der Waals surface area (Å²) in [5.74, 6) is 0.799. The Morgan fingerprint density at radius 2 is 2.04 bits per heavy atom. The number of fused-ring (bicyclic) bond motifs is 2. The van der Waals surface area contributed by atoms with E-state index in [0.717, 1.165) is 16.5 Å². The molecule has 0 saturated carbocycles. The van der Waals surface area contributed by atoms with Gasteiger partial charge in [-0.2, -0.15) is 5.10 Å². The van der Waals surface area contributed by atoms with Crippen LogP contribution in [0.3, 0.4) is 0 Å². The molecular weight excluding hydrogens is 354 g/mol. The van der Waals surface area contributed by atoms with Gasteiger partial charge in [-0.3, -0.25) is 4.79 Å². The number of halogens is 1. The molecule has 4 rings (SSSR count). The van der Waals surface area contributed by atoms with E-state index < -0.39 is 0 Å². The van der Waals surface area contributed by atoms with E-state index in [1.54, 1.807) is 18.2 Å². The zero-order chi connectivity index (χ0) is 18.1. The molecule has 26 heavy (non-hydrogen) atoms. The second-order valence-electron chi connectivity index (χ2n) is 5.83. The lowest BCUT2D eigenvalue weighted by Crippen LogP contribution is -2.17. The molecule has 0 atom stereocenters. The molecule has 0 saturated heterocycles. The van der Waals surface area contributed by atoms with E-state index in [2.05, 4.69) is 15.5 Å². The van der Waals surface area contributed by atoms with Crippen molar-refractivity contribution in [3.05, 3.63) is 64.3 Å². The van der Waals surface area contributed by atoms with Crippen LogP contribution < -0.4 is 14.9 Å². The number of hydrogen-bond donors (Lipinski definition) is 1. The van der Waals surface area contributed by atoms with Crippen LogP contribution in [0.25, 0.3) is 10.9 Å². The molecular formula is C19H14ClN3O3. The van der Waals surface area contributed by atoms with Gasteiger partial charge in [-0.05, 0) is 42.8 Å². The number of nitrogens with zero attached hydrogens (tertiary/aromatic N) is 2. The summed E-state index contributed by atoms with van der Waals surface area (Å²) in [7, 11) is 0. The molecule has 0 unspecified atom stereocenters. The van der Waals surface area contributed by atoms with Crippen LogP contribution in [-0.4, -0.2) is 23.9 Å². The van der Waals surface area contributed by atoms with Crippen molar-refractivity contribution >= 4 is 34.6 Å². The topological polar surface area (TPSA) is 72.8 Å². The fourth-order valence-corrected chi connectivity index (χ4v) is 2.82. The zero-order valence-corrected chi connectivity index (χ0v) is 14.6. The number of rotatable bonds is 3. The summed E-state index contributed by atoms with van der Waals surface area (Å²) in [6, 6.07) is 12.7. The van der Waals surface area contributed by atoms with Crippen LogP contribution in [0.4, 0.5) is 0 Å². The van der Waals surface area contributed by atoms with Gasteiger partial charge in [-0.1, -0.05) is 23.7 Å². The average molecular weight is 368 g/mol. The number of aromatic nitrogens is 1. The van der Waals surface area contributed by atoms with E-state index in [1.807, 2.05) is 31.2 Å². The van der Waals surface area contributed by atoms with Crippen molar-refractivity contribution in [2.75, 3.05) is 6.79 Å². The van der Waals surface area contributed by atoms with Crippen molar-refractivity contribution < 1.29 is 14.3 Å². The summed E-state index contributed by atoms with van der Waals surface area (Å²) < 4.78 is 10.5. The number of benzene rings is 2. The van der Waals surface area contributed by atoms with Gasteiger partial charge in [0.25, 0.3) is 5.91 Å². The highest BCUT2D eigenvalue weighted by Crippen LogP contribution is 2.32. The number of aryl methyl sites for hydroxylation is 1. The first kappa shape index (κ1) is 16.4. The molecule has 1 aromatic heterocycles. The minimum atomic E-state index is -0.361. The molecule has 0 aliphatic carbocycles. The monoisotopic (exact) mass is 367 g/mol. The standard InChI is InChI=1S/C19H14ClN3O3/c1-11-2-3-12-7-14(18(20)22-15(12)6-11)9-21-23-19(24)13-4-5-16-17(8-13)26-10-25-16/h2-9H,10H2,1H3,(H,23,24)/b21-9+. The number of hydrogen-bond acceptors (Lipinski definition) is 5. The van der Waals surface area contributed by atoms with Gasteiger partial charge >= 0.3 is 0 Å². The van der Waals surface area contributed by atoms with Gasteiger partial charge in [0.15, 0.2) is 11.5 Å². The largest absolute Gasteiger partial charge is 0.454 e. The first-order valence-corrected chi connectivity index (χ1v) is 8.28. The maximum atomic E-state index is 12.2. The van der Waals surface area contributed by atoms with Crippen molar-refractivity contribution in [2.24, 2.45) is 5.10 Å². The third kappa shape index (κ3) is 3.19. The van der Waals surface area contributed by atoms with Crippen LogP contribution in [0.15, 0.2) is 47.6 Å². The summed E-state index contributed by atoms with van der Waals surface area (Å²) >= 11 is 6.21. The molecule has 130 valence electrons. The van der Waals surface area contributed by atoms with E-state index in [0.29, 0.717) is 27.8 Å². The van der Waals surface area contributed by atoms with Crippen molar-refractivity contribution in [1.29, 1.82) is 0 Å². The fraction of sp³-hybridized carbons (Fsp3) is 0.105. The Bertz CT molecular complexity index is 1050. The Morgan fingerprint density at radius 1 is 1.19 bits per heavy atom. The SMILES string of the molecule is Cc1ccc2cc(/C=N/NC(=O)c3ccc4c(c3)OCO4)c(Cl)nc2c1. The van der Waals surface area contributed by atoms with Crippen LogP contribution in [0.2, 0.25) is 5.15 Å². The molecule has 3 aromatic rings. The Balaban J connectivity index is 1.51. The molecule has 1 aliphatic rings. The molecule has 1 amide bonds. The molecule has 7 heteroatoms. The second-order valence-corrected chi connectivity index (χ2v) is 6.19. The van der Waals surface area contributed by atoms with E-state index in [-0.39, 0.29) is 12.7 Å². The van der Waals surface area contributed by atoms with Gasteiger partial charge < -0.3 is 9.47 Å². The van der Waals surface area contributed by atoms with E-state index >= 15 is 0 Å². The fourth-order valence-electron chi connectivity index (χ4n) is 2.62. The smallest absolute Gasteiger partial charge is 0.271 e. The number of ether oxygens (including phenoxy) is 2. The average Bonchev–Trinajstić information content (AvgIpc) is 3.09. The van der Waals surface area contributed by atoms with Crippen LogP contribution in [0, 0.1) is 6.92 Å². The summed E-state index contributed by atoms with van der Waals surface area (Å²) in [6.45, 7) is 2.15. The maximum absolute atomic E-state index is 12.2. The highest BCUT2D eigenvalue weighted by atomic mass is 35.5. The molecule has 1 N–H and O–H groups in total. The summed E-state index contributed by atoms with van der Waals surface area (Å²) in [4.78, 5) is 16.6. The molecule has 6 nitrogen and oxygen atoms in total. The molecule has 0 spiro atoms. The molecule has 2 aromatic carbocycles. The lowest BCUT2D eigenvalue weighted by Gasteiger charge is -2.04. The predicted molar refractivity (Wildman–Crippen MR) is 99.1 cm³/mol. The lowest BCUT2D eigenvalue weighted by atomic mass is 10.1.